The summed E-state index contributed by atoms with van der Waals surface area (Å²) in [4.78, 5) is 26.2. The topological polar surface area (TPSA) is 61.4 Å². The Morgan fingerprint density at radius 1 is 0.920 bits per heavy atom. The molecule has 0 heterocycles. The molecule has 5 heteroatoms. The molecule has 0 spiro atoms. The lowest BCUT2D eigenvalue weighted by Gasteiger charge is -2.21. The van der Waals surface area contributed by atoms with Gasteiger partial charge in [0.2, 0.25) is 5.91 Å². The van der Waals surface area contributed by atoms with Crippen LogP contribution in [0.5, 0.6) is 0 Å². The third kappa shape index (κ3) is 5.72. The van der Waals surface area contributed by atoms with Crippen LogP contribution in [0.4, 0.5) is 4.79 Å². The first-order valence-corrected chi connectivity index (χ1v) is 8.60. The summed E-state index contributed by atoms with van der Waals surface area (Å²) in [5, 5.41) is 5.13. The van der Waals surface area contributed by atoms with Crippen molar-refractivity contribution < 1.29 is 9.59 Å². The number of imide groups is 1. The Balaban J connectivity index is 1.45. The predicted molar refractivity (Wildman–Crippen MR) is 96.7 cm³/mol. The first-order chi connectivity index (χ1) is 12.2. The minimum absolute atomic E-state index is 0.234. The van der Waals surface area contributed by atoms with Gasteiger partial charge in [0, 0.05) is 19.1 Å². The van der Waals surface area contributed by atoms with Gasteiger partial charge in [0.15, 0.2) is 0 Å². The Hall–Kier alpha value is -2.66. The molecule has 130 valence electrons. The number of nitrogens with zero attached hydrogens (tertiary/aromatic N) is 1. The highest BCUT2D eigenvalue weighted by molar-refractivity contribution is 5.95. The number of urea groups is 1. The fraction of sp³-hybridized carbons (Fsp3) is 0.300. The van der Waals surface area contributed by atoms with Gasteiger partial charge >= 0.3 is 6.03 Å². The van der Waals surface area contributed by atoms with Gasteiger partial charge in [-0.3, -0.25) is 15.0 Å². The Labute approximate surface area is 148 Å². The molecule has 5 nitrogen and oxygen atoms in total. The zero-order chi connectivity index (χ0) is 17.5. The van der Waals surface area contributed by atoms with Crippen LogP contribution in [0.3, 0.4) is 0 Å². The third-order valence-corrected chi connectivity index (χ3v) is 4.19. The zero-order valence-corrected chi connectivity index (χ0v) is 14.2. The standard InChI is InChI=1S/C20H23N3O2/c24-19(22-20(25)21-13-16-7-3-1-4-8-16)15-23(18-11-12-18)14-17-9-5-2-6-10-17/h1-10,18H,11-15H2,(H2,21,22,24,25). The minimum Gasteiger partial charge on any atom is -0.334 e. The maximum Gasteiger partial charge on any atom is 0.321 e. The van der Waals surface area contributed by atoms with Crippen molar-refractivity contribution in [2.24, 2.45) is 0 Å². The lowest BCUT2D eigenvalue weighted by molar-refractivity contribution is -0.121. The molecule has 0 aliphatic heterocycles. The van der Waals surface area contributed by atoms with Crippen LogP contribution in [-0.4, -0.2) is 29.4 Å². The predicted octanol–water partition coefficient (Wildman–Crippen LogP) is 2.68. The van der Waals surface area contributed by atoms with Crippen molar-refractivity contribution >= 4 is 11.9 Å². The summed E-state index contributed by atoms with van der Waals surface area (Å²) in [5.74, 6) is -0.270. The van der Waals surface area contributed by atoms with Crippen molar-refractivity contribution in [3.05, 3.63) is 71.8 Å². The van der Waals surface area contributed by atoms with Gasteiger partial charge in [0.1, 0.15) is 0 Å². The van der Waals surface area contributed by atoms with Crippen molar-refractivity contribution in [2.75, 3.05) is 6.54 Å². The number of carbonyl (C=O) groups excluding carboxylic acids is 2. The van der Waals surface area contributed by atoms with E-state index in [0.717, 1.165) is 24.9 Å². The molecule has 0 atom stereocenters. The van der Waals surface area contributed by atoms with Crippen LogP contribution in [0, 0.1) is 0 Å². The molecular formula is C20H23N3O2. The minimum atomic E-state index is -0.454. The van der Waals surface area contributed by atoms with Gasteiger partial charge in [-0.2, -0.15) is 0 Å². The molecule has 3 amide bonds. The summed E-state index contributed by atoms with van der Waals surface area (Å²) in [6.45, 7) is 1.36. The maximum atomic E-state index is 12.2. The average Bonchev–Trinajstić information content (AvgIpc) is 3.46. The van der Waals surface area contributed by atoms with E-state index in [4.69, 9.17) is 0 Å². The molecule has 25 heavy (non-hydrogen) atoms. The molecule has 0 aromatic heterocycles. The van der Waals surface area contributed by atoms with Crippen molar-refractivity contribution in [1.29, 1.82) is 0 Å². The van der Waals surface area contributed by atoms with Gasteiger partial charge in [-0.05, 0) is 24.0 Å². The van der Waals surface area contributed by atoms with Gasteiger partial charge in [-0.15, -0.1) is 0 Å². The molecule has 3 rings (SSSR count). The number of benzene rings is 2. The van der Waals surface area contributed by atoms with Gasteiger partial charge in [-0.1, -0.05) is 60.7 Å². The molecular weight excluding hydrogens is 314 g/mol. The van der Waals surface area contributed by atoms with E-state index in [0.29, 0.717) is 12.6 Å². The molecule has 0 saturated heterocycles. The van der Waals surface area contributed by atoms with E-state index in [9.17, 15) is 9.59 Å². The van der Waals surface area contributed by atoms with E-state index >= 15 is 0 Å². The lowest BCUT2D eigenvalue weighted by Crippen LogP contribution is -2.44. The second-order valence-electron chi connectivity index (χ2n) is 6.34. The quantitative estimate of drug-likeness (QED) is 0.816. The van der Waals surface area contributed by atoms with Crippen LogP contribution in [0.15, 0.2) is 60.7 Å². The van der Waals surface area contributed by atoms with Crippen molar-refractivity contribution in [2.45, 2.75) is 32.0 Å². The van der Waals surface area contributed by atoms with Crippen LogP contribution in [0.2, 0.25) is 0 Å². The number of carbonyl (C=O) groups is 2. The molecule has 2 aromatic carbocycles. The van der Waals surface area contributed by atoms with Crippen LogP contribution in [0.25, 0.3) is 0 Å². The summed E-state index contributed by atoms with van der Waals surface area (Å²) < 4.78 is 0. The summed E-state index contributed by atoms with van der Waals surface area (Å²) in [6, 6.07) is 19.7. The number of nitrogens with one attached hydrogen (secondary N) is 2. The molecule has 2 aromatic rings. The molecule has 0 bridgehead atoms. The highest BCUT2D eigenvalue weighted by atomic mass is 16.2. The Morgan fingerprint density at radius 2 is 1.52 bits per heavy atom. The Kier molecular flexibility index (Phi) is 5.80. The van der Waals surface area contributed by atoms with Crippen molar-refractivity contribution in [1.82, 2.24) is 15.5 Å². The number of hydrogen-bond acceptors (Lipinski definition) is 3. The molecule has 0 unspecified atom stereocenters. The number of amides is 3. The van der Waals surface area contributed by atoms with Crippen molar-refractivity contribution in [3.63, 3.8) is 0 Å². The fourth-order valence-electron chi connectivity index (χ4n) is 2.74. The van der Waals surface area contributed by atoms with Crippen LogP contribution < -0.4 is 10.6 Å². The molecule has 0 radical (unpaired) electrons. The number of hydrogen-bond donors (Lipinski definition) is 2. The van der Waals surface area contributed by atoms with E-state index in [1.54, 1.807) is 0 Å². The van der Waals surface area contributed by atoms with E-state index in [1.165, 1.54) is 5.56 Å². The maximum absolute atomic E-state index is 12.2. The molecule has 1 aliphatic rings. The second-order valence-corrected chi connectivity index (χ2v) is 6.34. The largest absolute Gasteiger partial charge is 0.334 e. The van der Waals surface area contributed by atoms with Crippen LogP contribution in [-0.2, 0) is 17.9 Å². The van der Waals surface area contributed by atoms with Gasteiger partial charge in [0.25, 0.3) is 0 Å². The zero-order valence-electron chi connectivity index (χ0n) is 14.2. The highest BCUT2D eigenvalue weighted by Crippen LogP contribution is 2.27. The summed E-state index contributed by atoms with van der Waals surface area (Å²) in [6.07, 6.45) is 2.22. The van der Waals surface area contributed by atoms with Gasteiger partial charge in [0.05, 0.1) is 6.54 Å². The smallest absolute Gasteiger partial charge is 0.321 e. The van der Waals surface area contributed by atoms with E-state index < -0.39 is 6.03 Å². The molecule has 2 N–H and O–H groups in total. The average molecular weight is 337 g/mol. The Morgan fingerprint density at radius 3 is 2.12 bits per heavy atom. The van der Waals surface area contributed by atoms with Gasteiger partial charge in [-0.25, -0.2) is 4.79 Å². The highest BCUT2D eigenvalue weighted by Gasteiger charge is 2.30. The number of rotatable bonds is 7. The summed E-state index contributed by atoms with van der Waals surface area (Å²) in [5.41, 5.74) is 2.17. The lowest BCUT2D eigenvalue weighted by atomic mass is 10.2. The van der Waals surface area contributed by atoms with E-state index in [1.807, 2.05) is 48.5 Å². The monoisotopic (exact) mass is 337 g/mol. The van der Waals surface area contributed by atoms with Crippen LogP contribution in [0.1, 0.15) is 24.0 Å². The molecule has 1 aliphatic carbocycles. The summed E-state index contributed by atoms with van der Waals surface area (Å²) in [7, 11) is 0. The first kappa shape index (κ1) is 17.2. The Bertz CT molecular complexity index is 699. The third-order valence-electron chi connectivity index (χ3n) is 4.19. The second kappa shape index (κ2) is 8.44. The molecule has 1 fully saturated rings. The first-order valence-electron chi connectivity index (χ1n) is 8.60. The molecule has 1 saturated carbocycles. The summed E-state index contributed by atoms with van der Waals surface area (Å²) >= 11 is 0. The normalized spacial score (nSPS) is 13.5. The van der Waals surface area contributed by atoms with Crippen molar-refractivity contribution in [3.8, 4) is 0 Å². The van der Waals surface area contributed by atoms with Crippen LogP contribution >= 0.6 is 0 Å². The van der Waals surface area contributed by atoms with Gasteiger partial charge < -0.3 is 5.32 Å². The van der Waals surface area contributed by atoms with E-state index in [-0.39, 0.29) is 12.5 Å². The fourth-order valence-corrected chi connectivity index (χ4v) is 2.74. The SMILES string of the molecule is O=C(CN(Cc1ccccc1)C1CC1)NC(=O)NCc1ccccc1. The van der Waals surface area contributed by atoms with E-state index in [2.05, 4.69) is 27.7 Å².